The van der Waals surface area contributed by atoms with Crippen LogP contribution < -0.4 is 0 Å². The van der Waals surface area contributed by atoms with Gasteiger partial charge in [-0.05, 0) is 46.5 Å². The second-order valence-electron chi connectivity index (χ2n) is 7.43. The molecule has 0 saturated carbocycles. The zero-order valence-corrected chi connectivity index (χ0v) is 15.0. The summed E-state index contributed by atoms with van der Waals surface area (Å²) in [5.74, 6) is -0.352. The predicted octanol–water partition coefficient (Wildman–Crippen LogP) is 1.94. The molecule has 24 heavy (non-hydrogen) atoms. The Bertz CT molecular complexity index is 500. The maximum absolute atomic E-state index is 12.2. The Morgan fingerprint density at radius 1 is 1.12 bits per heavy atom. The van der Waals surface area contributed by atoms with Crippen molar-refractivity contribution < 1.29 is 23.9 Å². The maximum Gasteiger partial charge on any atom is 0.410 e. The number of ether oxygens (including phenoxy) is 2. The molecule has 2 saturated heterocycles. The lowest BCUT2D eigenvalue weighted by atomic mass is 10.1. The lowest BCUT2D eigenvalue weighted by molar-refractivity contribution is -0.151. The van der Waals surface area contributed by atoms with Crippen LogP contribution in [0.25, 0.3) is 0 Å². The minimum absolute atomic E-state index is 0.00104. The normalized spacial score (nSPS) is 25.4. The van der Waals surface area contributed by atoms with E-state index < -0.39 is 11.6 Å². The molecule has 2 atom stereocenters. The van der Waals surface area contributed by atoms with Gasteiger partial charge in [0.25, 0.3) is 0 Å². The second-order valence-corrected chi connectivity index (χ2v) is 7.43. The fraction of sp³-hybridized carbons (Fsp3) is 0.824. The molecule has 2 aliphatic rings. The Labute approximate surface area is 143 Å². The third kappa shape index (κ3) is 4.39. The molecular weight excluding hydrogens is 312 g/mol. The SMILES string of the molecule is COC(=O)C1CCC(=O)N1C1CCCN(C(=O)OC(C)(C)C)CC1. The number of hydrogen-bond acceptors (Lipinski definition) is 5. The van der Waals surface area contributed by atoms with Crippen molar-refractivity contribution >= 4 is 18.0 Å². The van der Waals surface area contributed by atoms with E-state index in [4.69, 9.17) is 9.47 Å². The highest BCUT2D eigenvalue weighted by atomic mass is 16.6. The van der Waals surface area contributed by atoms with E-state index in [0.717, 1.165) is 12.8 Å². The molecule has 2 heterocycles. The van der Waals surface area contributed by atoms with E-state index in [1.807, 2.05) is 20.8 Å². The summed E-state index contributed by atoms with van der Waals surface area (Å²) in [6.07, 6.45) is 2.78. The van der Waals surface area contributed by atoms with E-state index in [-0.39, 0.29) is 24.0 Å². The average Bonchev–Trinajstić information content (AvgIpc) is 2.72. The highest BCUT2D eigenvalue weighted by molar-refractivity contribution is 5.88. The van der Waals surface area contributed by atoms with Gasteiger partial charge in [0.05, 0.1) is 7.11 Å². The Morgan fingerprint density at radius 2 is 1.83 bits per heavy atom. The molecule has 2 amide bonds. The van der Waals surface area contributed by atoms with Gasteiger partial charge in [0.2, 0.25) is 5.91 Å². The quantitative estimate of drug-likeness (QED) is 0.718. The third-order valence-corrected chi connectivity index (χ3v) is 4.47. The smallest absolute Gasteiger partial charge is 0.410 e. The van der Waals surface area contributed by atoms with Crippen LogP contribution in [0.5, 0.6) is 0 Å². The fourth-order valence-electron chi connectivity index (χ4n) is 3.39. The molecule has 0 aromatic rings. The molecule has 7 heteroatoms. The van der Waals surface area contributed by atoms with Crippen molar-refractivity contribution in [2.45, 2.75) is 70.6 Å². The maximum atomic E-state index is 12.2. The predicted molar refractivity (Wildman–Crippen MR) is 87.3 cm³/mol. The fourth-order valence-corrected chi connectivity index (χ4v) is 3.39. The van der Waals surface area contributed by atoms with Gasteiger partial charge in [-0.25, -0.2) is 9.59 Å². The molecule has 2 aliphatic heterocycles. The van der Waals surface area contributed by atoms with Crippen molar-refractivity contribution in [3.63, 3.8) is 0 Å². The van der Waals surface area contributed by atoms with E-state index in [1.54, 1.807) is 9.80 Å². The lowest BCUT2D eigenvalue weighted by Gasteiger charge is -2.31. The third-order valence-electron chi connectivity index (χ3n) is 4.47. The summed E-state index contributed by atoms with van der Waals surface area (Å²) in [6.45, 7) is 6.66. The molecule has 0 radical (unpaired) electrons. The van der Waals surface area contributed by atoms with Gasteiger partial charge in [0.1, 0.15) is 11.6 Å². The molecule has 2 rings (SSSR count). The molecule has 0 aromatic carbocycles. The largest absolute Gasteiger partial charge is 0.467 e. The Morgan fingerprint density at radius 3 is 2.46 bits per heavy atom. The number of hydrogen-bond donors (Lipinski definition) is 0. The number of carbonyl (C=O) groups excluding carboxylic acids is 3. The molecular formula is C17H28N2O5. The molecule has 0 aliphatic carbocycles. The van der Waals surface area contributed by atoms with Gasteiger partial charge in [-0.1, -0.05) is 0 Å². The van der Waals surface area contributed by atoms with E-state index >= 15 is 0 Å². The van der Waals surface area contributed by atoms with Crippen LogP contribution in [0.3, 0.4) is 0 Å². The highest BCUT2D eigenvalue weighted by Gasteiger charge is 2.41. The highest BCUT2D eigenvalue weighted by Crippen LogP contribution is 2.28. The summed E-state index contributed by atoms with van der Waals surface area (Å²) in [6, 6.07) is -0.517. The van der Waals surface area contributed by atoms with Crippen LogP contribution in [0.1, 0.15) is 52.9 Å². The Hall–Kier alpha value is -1.79. The molecule has 2 unspecified atom stereocenters. The van der Waals surface area contributed by atoms with Crippen LogP contribution >= 0.6 is 0 Å². The summed E-state index contributed by atoms with van der Waals surface area (Å²) < 4.78 is 10.3. The van der Waals surface area contributed by atoms with Crippen molar-refractivity contribution in [3.05, 3.63) is 0 Å². The monoisotopic (exact) mass is 340 g/mol. The van der Waals surface area contributed by atoms with E-state index in [0.29, 0.717) is 32.4 Å². The van der Waals surface area contributed by atoms with Crippen LogP contribution in [0.2, 0.25) is 0 Å². The second kappa shape index (κ2) is 7.40. The van der Waals surface area contributed by atoms with E-state index in [9.17, 15) is 14.4 Å². The molecule has 7 nitrogen and oxygen atoms in total. The van der Waals surface area contributed by atoms with Gasteiger partial charge in [-0.2, -0.15) is 0 Å². The van der Waals surface area contributed by atoms with Crippen LogP contribution in [-0.2, 0) is 19.1 Å². The van der Waals surface area contributed by atoms with Crippen molar-refractivity contribution in [1.82, 2.24) is 9.80 Å². The first kappa shape index (κ1) is 18.5. The molecule has 0 aromatic heterocycles. The zero-order chi connectivity index (χ0) is 17.9. The van der Waals surface area contributed by atoms with Gasteiger partial charge >= 0.3 is 12.1 Å². The van der Waals surface area contributed by atoms with Crippen LogP contribution in [0, 0.1) is 0 Å². The van der Waals surface area contributed by atoms with Gasteiger partial charge in [-0.15, -0.1) is 0 Å². The van der Waals surface area contributed by atoms with Crippen LogP contribution in [-0.4, -0.2) is 65.7 Å². The number of rotatable bonds is 2. The Kier molecular flexibility index (Phi) is 5.72. The molecule has 0 bridgehead atoms. The van der Waals surface area contributed by atoms with Gasteiger partial charge in [0, 0.05) is 25.6 Å². The van der Waals surface area contributed by atoms with Crippen LogP contribution in [0.4, 0.5) is 4.79 Å². The van der Waals surface area contributed by atoms with Crippen molar-refractivity contribution in [1.29, 1.82) is 0 Å². The minimum Gasteiger partial charge on any atom is -0.467 e. The molecule has 0 spiro atoms. The van der Waals surface area contributed by atoms with E-state index in [2.05, 4.69) is 0 Å². The zero-order valence-electron chi connectivity index (χ0n) is 15.0. The van der Waals surface area contributed by atoms with Gasteiger partial charge in [-0.3, -0.25) is 4.79 Å². The summed E-state index contributed by atoms with van der Waals surface area (Å²) in [5, 5.41) is 0. The summed E-state index contributed by atoms with van der Waals surface area (Å²) in [4.78, 5) is 39.8. The van der Waals surface area contributed by atoms with Crippen molar-refractivity contribution in [2.24, 2.45) is 0 Å². The summed E-state index contributed by atoms with van der Waals surface area (Å²) >= 11 is 0. The van der Waals surface area contributed by atoms with E-state index in [1.165, 1.54) is 7.11 Å². The summed E-state index contributed by atoms with van der Waals surface area (Å²) in [5.41, 5.74) is -0.524. The standard InChI is InChI=1S/C17H28N2O5/c1-17(2,3)24-16(22)18-10-5-6-12(9-11-18)19-13(15(21)23-4)7-8-14(19)20/h12-13H,5-11H2,1-4H3. The minimum atomic E-state index is -0.524. The first-order valence-corrected chi connectivity index (χ1v) is 8.60. The summed E-state index contributed by atoms with van der Waals surface area (Å²) in [7, 11) is 1.35. The van der Waals surface area contributed by atoms with Crippen LogP contribution in [0.15, 0.2) is 0 Å². The first-order chi connectivity index (χ1) is 11.2. The molecule has 0 N–H and O–H groups in total. The average molecular weight is 340 g/mol. The Balaban J connectivity index is 2.00. The number of likely N-dealkylation sites (tertiary alicyclic amines) is 2. The van der Waals surface area contributed by atoms with Gasteiger partial charge in [0.15, 0.2) is 0 Å². The number of nitrogens with zero attached hydrogens (tertiary/aromatic N) is 2. The van der Waals surface area contributed by atoms with Crippen molar-refractivity contribution in [3.8, 4) is 0 Å². The first-order valence-electron chi connectivity index (χ1n) is 8.60. The number of methoxy groups -OCH3 is 1. The lowest BCUT2D eigenvalue weighted by Crippen LogP contribution is -2.46. The van der Waals surface area contributed by atoms with Crippen molar-refractivity contribution in [2.75, 3.05) is 20.2 Å². The number of amides is 2. The molecule has 136 valence electrons. The number of carbonyl (C=O) groups is 3. The van der Waals surface area contributed by atoms with Gasteiger partial charge < -0.3 is 19.3 Å². The topological polar surface area (TPSA) is 76.2 Å². The molecule has 2 fully saturated rings. The number of esters is 1.